The van der Waals surface area contributed by atoms with E-state index < -0.39 is 6.04 Å². The number of nitrogens with one attached hydrogen (secondary N) is 2. The highest BCUT2D eigenvalue weighted by molar-refractivity contribution is 7.98. The van der Waals surface area contributed by atoms with E-state index >= 15 is 0 Å². The van der Waals surface area contributed by atoms with Crippen molar-refractivity contribution in [2.24, 2.45) is 0 Å². The number of carbonyl (C=O) groups is 1. The number of benzene rings is 3. The van der Waals surface area contributed by atoms with Gasteiger partial charge in [-0.2, -0.15) is 4.98 Å². The number of amides is 1. The lowest BCUT2D eigenvalue weighted by molar-refractivity contribution is -0.113. The summed E-state index contributed by atoms with van der Waals surface area (Å²) in [5, 5.41) is 12.3. The number of allylic oxidation sites excluding steroid dienone is 1. The molecular formula is C30H30ClN5O5S. The molecule has 0 spiro atoms. The van der Waals surface area contributed by atoms with Gasteiger partial charge < -0.3 is 29.6 Å². The van der Waals surface area contributed by atoms with Gasteiger partial charge in [-0.3, -0.25) is 4.79 Å². The maximum Gasteiger partial charge on any atom is 0.255 e. The molecule has 0 radical (unpaired) electrons. The van der Waals surface area contributed by atoms with Crippen LogP contribution in [0.1, 0.15) is 24.1 Å². The summed E-state index contributed by atoms with van der Waals surface area (Å²) in [6, 6.07) is 17.8. The number of aromatic nitrogens is 3. The molecule has 4 aromatic rings. The summed E-state index contributed by atoms with van der Waals surface area (Å²) in [6.45, 7) is 1.83. The van der Waals surface area contributed by atoms with Crippen molar-refractivity contribution >= 4 is 40.9 Å². The van der Waals surface area contributed by atoms with Crippen LogP contribution in [0.25, 0.3) is 0 Å². The lowest BCUT2D eigenvalue weighted by Crippen LogP contribution is -2.31. The van der Waals surface area contributed by atoms with Crippen LogP contribution in [0.4, 0.5) is 11.6 Å². The molecule has 0 saturated carbocycles. The molecular weight excluding hydrogens is 578 g/mol. The van der Waals surface area contributed by atoms with Gasteiger partial charge in [-0.25, -0.2) is 4.68 Å². The molecule has 3 aromatic carbocycles. The Bertz CT molecular complexity index is 1630. The fraction of sp³-hybridized carbons (Fsp3) is 0.233. The van der Waals surface area contributed by atoms with Crippen LogP contribution in [-0.2, 0) is 10.5 Å². The molecule has 12 heteroatoms. The third kappa shape index (κ3) is 5.70. The van der Waals surface area contributed by atoms with Crippen molar-refractivity contribution in [3.63, 3.8) is 0 Å². The van der Waals surface area contributed by atoms with Crippen molar-refractivity contribution in [3.05, 3.63) is 88.1 Å². The number of anilines is 2. The average Bonchev–Trinajstić information content (AvgIpc) is 3.41. The fourth-order valence-electron chi connectivity index (χ4n) is 4.75. The Morgan fingerprint density at radius 1 is 0.976 bits per heavy atom. The number of methoxy groups -OCH3 is 4. The molecule has 42 heavy (non-hydrogen) atoms. The average molecular weight is 608 g/mol. The van der Waals surface area contributed by atoms with Gasteiger partial charge in [0.05, 0.1) is 39.7 Å². The van der Waals surface area contributed by atoms with Crippen LogP contribution < -0.4 is 29.6 Å². The van der Waals surface area contributed by atoms with Crippen LogP contribution in [0.5, 0.6) is 23.0 Å². The monoisotopic (exact) mass is 607 g/mol. The van der Waals surface area contributed by atoms with Crippen molar-refractivity contribution < 1.29 is 23.7 Å². The van der Waals surface area contributed by atoms with Crippen molar-refractivity contribution in [3.8, 4) is 23.0 Å². The van der Waals surface area contributed by atoms with Crippen molar-refractivity contribution in [1.82, 2.24) is 14.8 Å². The van der Waals surface area contributed by atoms with E-state index in [9.17, 15) is 4.79 Å². The van der Waals surface area contributed by atoms with Crippen molar-refractivity contribution in [2.45, 2.75) is 23.9 Å². The van der Waals surface area contributed by atoms with Gasteiger partial charge in [0.1, 0.15) is 11.8 Å². The molecule has 218 valence electrons. The molecule has 1 aliphatic heterocycles. The molecule has 1 aromatic heterocycles. The minimum atomic E-state index is -0.688. The van der Waals surface area contributed by atoms with E-state index in [4.69, 9.17) is 40.6 Å². The van der Waals surface area contributed by atoms with Crippen LogP contribution in [0.2, 0.25) is 5.02 Å². The molecule has 0 saturated heterocycles. The third-order valence-corrected chi connectivity index (χ3v) is 8.01. The predicted molar refractivity (Wildman–Crippen MR) is 163 cm³/mol. The molecule has 0 bridgehead atoms. The Morgan fingerprint density at radius 3 is 2.31 bits per heavy atom. The molecule has 1 amide bonds. The van der Waals surface area contributed by atoms with Crippen LogP contribution in [0.15, 0.2) is 77.1 Å². The molecule has 1 aliphatic rings. The maximum atomic E-state index is 14.0. The van der Waals surface area contributed by atoms with Crippen LogP contribution in [0, 0.1) is 0 Å². The Hall–Kier alpha value is -4.35. The van der Waals surface area contributed by atoms with Crippen molar-refractivity contribution in [2.75, 3.05) is 39.1 Å². The number of hydrogen-bond donors (Lipinski definition) is 2. The van der Waals surface area contributed by atoms with E-state index in [0.717, 1.165) is 5.56 Å². The molecule has 10 nitrogen and oxygen atoms in total. The van der Waals surface area contributed by atoms with Gasteiger partial charge in [-0.1, -0.05) is 53.7 Å². The summed E-state index contributed by atoms with van der Waals surface area (Å²) in [7, 11) is 6.19. The summed E-state index contributed by atoms with van der Waals surface area (Å²) in [5.74, 6) is 2.59. The van der Waals surface area contributed by atoms with Crippen LogP contribution in [0.3, 0.4) is 0 Å². The van der Waals surface area contributed by atoms with Gasteiger partial charge >= 0.3 is 0 Å². The summed E-state index contributed by atoms with van der Waals surface area (Å²) in [6.07, 6.45) is 0. The highest BCUT2D eigenvalue weighted by atomic mass is 35.5. The van der Waals surface area contributed by atoms with E-state index in [1.165, 1.54) is 11.8 Å². The molecule has 5 rings (SSSR count). The molecule has 0 fully saturated rings. The predicted octanol–water partition coefficient (Wildman–Crippen LogP) is 6.19. The molecule has 0 aliphatic carbocycles. The lowest BCUT2D eigenvalue weighted by atomic mass is 9.94. The van der Waals surface area contributed by atoms with Gasteiger partial charge in [0.15, 0.2) is 11.5 Å². The third-order valence-electron chi connectivity index (χ3n) is 6.75. The van der Waals surface area contributed by atoms with E-state index in [-0.39, 0.29) is 5.91 Å². The minimum absolute atomic E-state index is 0.338. The second kappa shape index (κ2) is 12.7. The van der Waals surface area contributed by atoms with Gasteiger partial charge in [0.2, 0.25) is 16.9 Å². The van der Waals surface area contributed by atoms with Crippen LogP contribution in [-0.4, -0.2) is 49.1 Å². The first-order chi connectivity index (χ1) is 20.4. The first-order valence-electron chi connectivity index (χ1n) is 12.9. The van der Waals surface area contributed by atoms with Gasteiger partial charge in [-0.05, 0) is 48.4 Å². The molecule has 1 unspecified atom stereocenters. The number of carbonyl (C=O) groups excluding carboxylic acids is 1. The smallest absolute Gasteiger partial charge is 0.255 e. The van der Waals surface area contributed by atoms with Gasteiger partial charge in [0, 0.05) is 16.5 Å². The van der Waals surface area contributed by atoms with E-state index in [1.807, 2.05) is 55.5 Å². The standard InChI is InChI=1S/C30H30ClN5O5S/c1-17-25(28(37)33-21-12-8-9-13-22(21)38-2)26(19-14-23(39-3)27(41-5)24(15-19)40-4)36-29(32-17)34-30(35-36)42-16-18-10-6-7-11-20(18)31/h6-15,26H,16H2,1-5H3,(H,33,37)(H,32,34,35). The molecule has 1 atom stereocenters. The number of hydrogen-bond acceptors (Lipinski definition) is 9. The highest BCUT2D eigenvalue weighted by Gasteiger charge is 2.36. The highest BCUT2D eigenvalue weighted by Crippen LogP contribution is 2.44. The summed E-state index contributed by atoms with van der Waals surface area (Å²) in [5.41, 5.74) is 3.23. The second-order valence-corrected chi connectivity index (χ2v) is 10.6. The molecule has 2 N–H and O–H groups in total. The quantitative estimate of drug-likeness (QED) is 0.204. The number of rotatable bonds is 10. The topological polar surface area (TPSA) is 109 Å². The zero-order valence-electron chi connectivity index (χ0n) is 23.7. The summed E-state index contributed by atoms with van der Waals surface area (Å²) >= 11 is 7.82. The van der Waals surface area contributed by atoms with E-state index in [1.54, 1.807) is 45.3 Å². The second-order valence-electron chi connectivity index (χ2n) is 9.22. The SMILES string of the molecule is COc1ccccc1NC(=O)C1=C(C)Nc2nc(SCc3ccccc3Cl)nn2C1c1cc(OC)c(OC)c(OC)c1. The summed E-state index contributed by atoms with van der Waals surface area (Å²) < 4.78 is 24.0. The van der Waals surface area contributed by atoms with E-state index in [0.29, 0.717) is 67.4 Å². The Kier molecular flexibility index (Phi) is 8.79. The Balaban J connectivity index is 1.59. The number of nitrogens with zero attached hydrogens (tertiary/aromatic N) is 3. The summed E-state index contributed by atoms with van der Waals surface area (Å²) in [4.78, 5) is 18.7. The Morgan fingerprint density at radius 2 is 1.64 bits per heavy atom. The van der Waals surface area contributed by atoms with Gasteiger partial charge in [0.25, 0.3) is 5.91 Å². The number of halogens is 1. The Labute approximate surface area is 253 Å². The number of fused-ring (bicyclic) bond motifs is 1. The fourth-order valence-corrected chi connectivity index (χ4v) is 5.86. The maximum absolute atomic E-state index is 14.0. The largest absolute Gasteiger partial charge is 0.495 e. The van der Waals surface area contributed by atoms with E-state index in [2.05, 4.69) is 10.6 Å². The normalized spacial score (nSPS) is 14.1. The molecule has 2 heterocycles. The number of thioether (sulfide) groups is 1. The zero-order valence-corrected chi connectivity index (χ0v) is 25.3. The number of para-hydroxylation sites is 2. The van der Waals surface area contributed by atoms with Gasteiger partial charge in [-0.15, -0.1) is 5.10 Å². The number of ether oxygens (including phenoxy) is 4. The lowest BCUT2D eigenvalue weighted by Gasteiger charge is -2.29. The van der Waals surface area contributed by atoms with Crippen molar-refractivity contribution in [1.29, 1.82) is 0 Å². The first kappa shape index (κ1) is 29.2. The van der Waals surface area contributed by atoms with Crippen LogP contribution >= 0.6 is 23.4 Å². The minimum Gasteiger partial charge on any atom is -0.495 e. The zero-order chi connectivity index (χ0) is 29.8. The first-order valence-corrected chi connectivity index (χ1v) is 14.3.